The van der Waals surface area contributed by atoms with E-state index in [-0.39, 0.29) is 24.4 Å². The largest absolute Gasteiger partial charge is 0.471 e. The van der Waals surface area contributed by atoms with Crippen LogP contribution in [0.4, 0.5) is 22.0 Å². The van der Waals surface area contributed by atoms with Crippen molar-refractivity contribution in [2.45, 2.75) is 18.7 Å². The summed E-state index contributed by atoms with van der Waals surface area (Å²) >= 11 is 0. The Kier molecular flexibility index (Phi) is 5.64. The lowest BCUT2D eigenvalue weighted by Crippen LogP contribution is -2.40. The number of aromatic nitrogens is 1. The zero-order chi connectivity index (χ0) is 22.9. The van der Waals surface area contributed by atoms with E-state index >= 15 is 0 Å². The van der Waals surface area contributed by atoms with Gasteiger partial charge in [-0.2, -0.15) is 13.2 Å². The van der Waals surface area contributed by atoms with Gasteiger partial charge in [0, 0.05) is 12.0 Å². The van der Waals surface area contributed by atoms with E-state index < -0.39 is 29.8 Å². The molecule has 6 nitrogen and oxygen atoms in total. The highest BCUT2D eigenvalue weighted by Gasteiger charge is 2.39. The molecule has 1 aliphatic heterocycles. The third kappa shape index (κ3) is 4.46. The van der Waals surface area contributed by atoms with Crippen LogP contribution in [0, 0.1) is 11.6 Å². The SMILES string of the molecule is O=C(NCC1CC(c2ccc(-c3coc(-c4c(F)cccc4F)n3)cc2)=NO1)C(F)(F)F. The van der Waals surface area contributed by atoms with Gasteiger partial charge in [0.15, 0.2) is 0 Å². The van der Waals surface area contributed by atoms with Crippen molar-refractivity contribution in [1.82, 2.24) is 10.3 Å². The quantitative estimate of drug-likeness (QED) is 0.582. The van der Waals surface area contributed by atoms with E-state index in [1.54, 1.807) is 29.6 Å². The minimum absolute atomic E-state index is 0.197. The maximum atomic E-state index is 13.9. The van der Waals surface area contributed by atoms with Gasteiger partial charge in [-0.3, -0.25) is 4.79 Å². The molecule has 1 N–H and O–H groups in total. The monoisotopic (exact) mass is 451 g/mol. The molecule has 0 saturated carbocycles. The summed E-state index contributed by atoms with van der Waals surface area (Å²) in [7, 11) is 0. The van der Waals surface area contributed by atoms with Gasteiger partial charge in [0.05, 0.1) is 12.3 Å². The Hall–Kier alpha value is -3.76. The van der Waals surface area contributed by atoms with Gasteiger partial charge in [0.25, 0.3) is 0 Å². The van der Waals surface area contributed by atoms with Crippen molar-refractivity contribution in [3.05, 3.63) is 65.9 Å². The van der Waals surface area contributed by atoms with Gasteiger partial charge < -0.3 is 14.6 Å². The van der Waals surface area contributed by atoms with Gasteiger partial charge in [0.1, 0.15) is 35.3 Å². The second-order valence-corrected chi connectivity index (χ2v) is 6.89. The second kappa shape index (κ2) is 8.40. The Balaban J connectivity index is 1.41. The fourth-order valence-corrected chi connectivity index (χ4v) is 3.07. The van der Waals surface area contributed by atoms with Crippen LogP contribution in [0.15, 0.2) is 58.3 Å². The summed E-state index contributed by atoms with van der Waals surface area (Å²) < 4.78 is 69.8. The molecule has 11 heteroatoms. The summed E-state index contributed by atoms with van der Waals surface area (Å²) in [6.45, 7) is -0.336. The van der Waals surface area contributed by atoms with Gasteiger partial charge in [-0.15, -0.1) is 0 Å². The lowest BCUT2D eigenvalue weighted by Gasteiger charge is -2.11. The highest BCUT2D eigenvalue weighted by atomic mass is 19.4. The lowest BCUT2D eigenvalue weighted by molar-refractivity contribution is -0.174. The van der Waals surface area contributed by atoms with Gasteiger partial charge >= 0.3 is 12.1 Å². The van der Waals surface area contributed by atoms with Crippen LogP contribution in [0.25, 0.3) is 22.7 Å². The first kappa shape index (κ1) is 21.5. The molecular weight excluding hydrogens is 437 g/mol. The molecule has 1 aromatic heterocycles. The van der Waals surface area contributed by atoms with Crippen molar-refractivity contribution in [3.8, 4) is 22.7 Å². The van der Waals surface area contributed by atoms with E-state index in [0.717, 1.165) is 12.1 Å². The summed E-state index contributed by atoms with van der Waals surface area (Å²) in [5, 5.41) is 5.62. The molecule has 2 heterocycles. The molecule has 166 valence electrons. The molecule has 3 aromatic rings. The zero-order valence-electron chi connectivity index (χ0n) is 16.1. The molecule has 32 heavy (non-hydrogen) atoms. The number of nitrogens with zero attached hydrogens (tertiary/aromatic N) is 2. The molecule has 0 aliphatic carbocycles. The molecule has 1 aliphatic rings. The van der Waals surface area contributed by atoms with Crippen LogP contribution >= 0.6 is 0 Å². The van der Waals surface area contributed by atoms with E-state index in [1.165, 1.54) is 12.3 Å². The fourth-order valence-electron chi connectivity index (χ4n) is 3.07. The molecule has 1 atom stereocenters. The van der Waals surface area contributed by atoms with Gasteiger partial charge in [-0.1, -0.05) is 35.5 Å². The van der Waals surface area contributed by atoms with E-state index in [9.17, 15) is 26.7 Å². The third-order valence-corrected chi connectivity index (χ3v) is 4.68. The molecule has 1 amide bonds. The van der Waals surface area contributed by atoms with Crippen molar-refractivity contribution < 1.29 is 36.0 Å². The number of carbonyl (C=O) groups is 1. The topological polar surface area (TPSA) is 76.7 Å². The van der Waals surface area contributed by atoms with Crippen LogP contribution < -0.4 is 5.32 Å². The molecule has 0 saturated heterocycles. The fraction of sp³-hybridized carbons (Fsp3) is 0.190. The van der Waals surface area contributed by atoms with Crippen molar-refractivity contribution in [3.63, 3.8) is 0 Å². The number of amides is 1. The zero-order valence-corrected chi connectivity index (χ0v) is 16.1. The summed E-state index contributed by atoms with van der Waals surface area (Å²) in [5.74, 6) is -3.83. The average molecular weight is 451 g/mol. The molecule has 2 aromatic carbocycles. The van der Waals surface area contributed by atoms with Gasteiger partial charge in [0.2, 0.25) is 5.89 Å². The van der Waals surface area contributed by atoms with Crippen molar-refractivity contribution >= 4 is 11.6 Å². The summed E-state index contributed by atoms with van der Waals surface area (Å²) in [4.78, 5) is 20.1. The Labute approximate surface area is 177 Å². The summed E-state index contributed by atoms with van der Waals surface area (Å²) in [5.41, 5.74) is 1.75. The van der Waals surface area contributed by atoms with E-state index in [1.807, 2.05) is 0 Å². The van der Waals surface area contributed by atoms with Crippen LogP contribution in [0.5, 0.6) is 0 Å². The van der Waals surface area contributed by atoms with E-state index in [0.29, 0.717) is 22.5 Å². The number of carbonyl (C=O) groups excluding carboxylic acids is 1. The summed E-state index contributed by atoms with van der Waals surface area (Å²) in [6.07, 6.45) is -4.20. The molecule has 4 rings (SSSR count). The van der Waals surface area contributed by atoms with Crippen LogP contribution in [0.2, 0.25) is 0 Å². The number of oxazole rings is 1. The number of halogens is 5. The standard InChI is InChI=1S/C21H14F5N3O3/c22-14-2-1-3-15(23)18(14)19-28-17(10-31-19)12-6-4-11(5-7-12)16-8-13(32-29-16)9-27-20(30)21(24,25)26/h1-7,10,13H,8-9H2,(H,27,30). The Bertz CT molecular complexity index is 1150. The van der Waals surface area contributed by atoms with Crippen LogP contribution in [0.3, 0.4) is 0 Å². The normalized spacial score (nSPS) is 15.9. The maximum absolute atomic E-state index is 13.9. The average Bonchev–Trinajstić information content (AvgIpc) is 3.41. The third-order valence-electron chi connectivity index (χ3n) is 4.68. The number of alkyl halides is 3. The Morgan fingerprint density at radius 2 is 1.72 bits per heavy atom. The first-order valence-corrected chi connectivity index (χ1v) is 9.31. The maximum Gasteiger partial charge on any atom is 0.471 e. The number of hydrogen-bond acceptors (Lipinski definition) is 5. The minimum atomic E-state index is -4.96. The highest BCUT2D eigenvalue weighted by Crippen LogP contribution is 2.29. The van der Waals surface area contributed by atoms with E-state index in [2.05, 4.69) is 10.1 Å². The molecule has 1 unspecified atom stereocenters. The van der Waals surface area contributed by atoms with Crippen LogP contribution in [0.1, 0.15) is 12.0 Å². The molecule has 0 spiro atoms. The highest BCUT2D eigenvalue weighted by molar-refractivity contribution is 6.01. The van der Waals surface area contributed by atoms with Crippen molar-refractivity contribution in [2.24, 2.45) is 5.16 Å². The predicted molar refractivity (Wildman–Crippen MR) is 102 cm³/mol. The van der Waals surface area contributed by atoms with Crippen molar-refractivity contribution in [1.29, 1.82) is 0 Å². The number of hydrogen-bond donors (Lipinski definition) is 1. The minimum Gasteiger partial charge on any atom is -0.444 e. The molecule has 0 fully saturated rings. The first-order chi connectivity index (χ1) is 15.2. The number of rotatable bonds is 5. The van der Waals surface area contributed by atoms with Gasteiger partial charge in [-0.25, -0.2) is 13.8 Å². The molecular formula is C21H14F5N3O3. The van der Waals surface area contributed by atoms with Gasteiger partial charge in [-0.05, 0) is 17.7 Å². The summed E-state index contributed by atoms with van der Waals surface area (Å²) in [6, 6.07) is 10.2. The van der Waals surface area contributed by atoms with Crippen LogP contribution in [-0.2, 0) is 9.63 Å². The van der Waals surface area contributed by atoms with Crippen molar-refractivity contribution in [2.75, 3.05) is 6.54 Å². The Morgan fingerprint density at radius 3 is 2.38 bits per heavy atom. The smallest absolute Gasteiger partial charge is 0.444 e. The molecule has 0 bridgehead atoms. The number of oxime groups is 1. The second-order valence-electron chi connectivity index (χ2n) is 6.89. The lowest BCUT2D eigenvalue weighted by atomic mass is 10.0. The van der Waals surface area contributed by atoms with Crippen LogP contribution in [-0.4, -0.2) is 35.4 Å². The van der Waals surface area contributed by atoms with E-state index in [4.69, 9.17) is 9.25 Å². The number of benzene rings is 2. The predicted octanol–water partition coefficient (Wildman–Crippen LogP) is 4.46. The number of nitrogens with one attached hydrogen (secondary N) is 1. The Morgan fingerprint density at radius 1 is 1.06 bits per heavy atom. The molecule has 0 radical (unpaired) electrons. The first-order valence-electron chi connectivity index (χ1n) is 9.31.